The fraction of sp³-hybridized carbons (Fsp3) is 0.167. The molecule has 4 aromatic heterocycles. The number of nitrogens with one attached hydrogen (secondary N) is 2. The predicted molar refractivity (Wildman–Crippen MR) is 109 cm³/mol. The normalized spacial score (nSPS) is 11.1. The number of anilines is 2. The van der Waals surface area contributed by atoms with E-state index in [1.54, 1.807) is 29.0 Å². The van der Waals surface area contributed by atoms with E-state index in [2.05, 4.69) is 46.8 Å². The number of rotatable bonds is 4. The van der Waals surface area contributed by atoms with Crippen molar-refractivity contribution in [3.8, 4) is 11.5 Å². The van der Waals surface area contributed by atoms with Crippen molar-refractivity contribution in [3.63, 3.8) is 0 Å². The van der Waals surface area contributed by atoms with Crippen molar-refractivity contribution in [1.29, 1.82) is 0 Å². The first kappa shape index (κ1) is 18.1. The lowest BCUT2D eigenvalue weighted by atomic mass is 10.3. The molecular weight excluding hydrogens is 424 g/mol. The van der Waals surface area contributed by atoms with Gasteiger partial charge < -0.3 is 4.57 Å². The highest BCUT2D eigenvalue weighted by Gasteiger charge is 2.13. The molecule has 0 aliphatic heterocycles. The zero-order valence-electron chi connectivity index (χ0n) is 15.2. The average Bonchev–Trinajstić information content (AvgIpc) is 3.28. The van der Waals surface area contributed by atoms with E-state index in [9.17, 15) is 4.79 Å². The van der Waals surface area contributed by atoms with Gasteiger partial charge in [-0.25, -0.2) is 14.3 Å². The Bertz CT molecular complexity index is 1150. The first-order chi connectivity index (χ1) is 13.5. The topological polar surface area (TPSA) is 102 Å². The molecule has 0 spiro atoms. The summed E-state index contributed by atoms with van der Waals surface area (Å²) in [6.07, 6.45) is 3.48. The third-order valence-electron chi connectivity index (χ3n) is 4.01. The maximum atomic E-state index is 12.3. The van der Waals surface area contributed by atoms with Crippen molar-refractivity contribution in [2.75, 3.05) is 10.6 Å². The molecule has 0 saturated heterocycles. The van der Waals surface area contributed by atoms with Crippen molar-refractivity contribution in [1.82, 2.24) is 29.4 Å². The van der Waals surface area contributed by atoms with Crippen LogP contribution in [0.1, 0.15) is 19.9 Å². The SMILES string of the molecule is CC(C)n1cnnc1-c1cccc(NC(=O)Nc2cc3ccc(Br)cn3n2)n1. The molecule has 0 bridgehead atoms. The Hall–Kier alpha value is -3.27. The maximum Gasteiger partial charge on any atom is 0.326 e. The molecule has 142 valence electrons. The summed E-state index contributed by atoms with van der Waals surface area (Å²) in [6.45, 7) is 4.07. The molecule has 2 N–H and O–H groups in total. The lowest BCUT2D eigenvalue weighted by Crippen LogP contribution is -2.20. The molecule has 4 aromatic rings. The number of nitrogens with zero attached hydrogens (tertiary/aromatic N) is 6. The third-order valence-corrected chi connectivity index (χ3v) is 4.48. The van der Waals surface area contributed by atoms with E-state index in [0.29, 0.717) is 23.2 Å². The van der Waals surface area contributed by atoms with Crippen LogP contribution in [-0.4, -0.2) is 35.4 Å². The van der Waals surface area contributed by atoms with Crippen LogP contribution in [0.2, 0.25) is 0 Å². The Morgan fingerprint density at radius 2 is 1.96 bits per heavy atom. The highest BCUT2D eigenvalue weighted by Crippen LogP contribution is 2.20. The van der Waals surface area contributed by atoms with Crippen LogP contribution in [0.15, 0.2) is 53.4 Å². The van der Waals surface area contributed by atoms with Crippen LogP contribution in [0.5, 0.6) is 0 Å². The van der Waals surface area contributed by atoms with E-state index in [0.717, 1.165) is 9.99 Å². The number of carbonyl (C=O) groups is 1. The first-order valence-electron chi connectivity index (χ1n) is 8.59. The zero-order valence-corrected chi connectivity index (χ0v) is 16.8. The van der Waals surface area contributed by atoms with Crippen molar-refractivity contribution >= 4 is 39.1 Å². The first-order valence-corrected chi connectivity index (χ1v) is 9.39. The summed E-state index contributed by atoms with van der Waals surface area (Å²) in [7, 11) is 0. The summed E-state index contributed by atoms with van der Waals surface area (Å²) in [6, 6.07) is 10.7. The van der Waals surface area contributed by atoms with Crippen LogP contribution in [0.25, 0.3) is 17.0 Å². The van der Waals surface area contributed by atoms with Gasteiger partial charge in [0, 0.05) is 22.8 Å². The molecule has 0 aliphatic rings. The molecule has 2 amide bonds. The molecule has 9 nitrogen and oxygen atoms in total. The van der Waals surface area contributed by atoms with Crippen molar-refractivity contribution in [2.24, 2.45) is 0 Å². The number of pyridine rings is 2. The molecule has 4 heterocycles. The number of hydrogen-bond donors (Lipinski definition) is 2. The highest BCUT2D eigenvalue weighted by atomic mass is 79.9. The standard InChI is InChI=1S/C18H17BrN8O/c1-11(2)26-10-20-24-17(26)14-4-3-5-15(21-14)22-18(28)23-16-8-13-7-6-12(19)9-27(13)25-16/h3-11H,1-2H3,(H2,21,22,23,25,28). The number of amides is 2. The molecule has 0 radical (unpaired) electrons. The molecule has 0 saturated carbocycles. The van der Waals surface area contributed by atoms with Crippen molar-refractivity contribution in [2.45, 2.75) is 19.9 Å². The Kier molecular flexibility index (Phi) is 4.78. The molecule has 4 rings (SSSR count). The summed E-state index contributed by atoms with van der Waals surface area (Å²) in [5.41, 5.74) is 1.49. The Morgan fingerprint density at radius 3 is 2.79 bits per heavy atom. The fourth-order valence-corrected chi connectivity index (χ4v) is 3.05. The molecule has 0 atom stereocenters. The van der Waals surface area contributed by atoms with Crippen LogP contribution in [0.3, 0.4) is 0 Å². The molecule has 28 heavy (non-hydrogen) atoms. The molecule has 0 unspecified atom stereocenters. The third kappa shape index (κ3) is 3.72. The minimum Gasteiger partial charge on any atom is -0.310 e. The summed E-state index contributed by atoms with van der Waals surface area (Å²) < 4.78 is 4.49. The van der Waals surface area contributed by atoms with Gasteiger partial charge >= 0.3 is 6.03 Å². The van der Waals surface area contributed by atoms with E-state index < -0.39 is 6.03 Å². The van der Waals surface area contributed by atoms with Gasteiger partial charge in [0.1, 0.15) is 17.8 Å². The number of halogens is 1. The largest absolute Gasteiger partial charge is 0.326 e. The van der Waals surface area contributed by atoms with Gasteiger partial charge in [0.2, 0.25) is 0 Å². The van der Waals surface area contributed by atoms with E-state index >= 15 is 0 Å². The predicted octanol–water partition coefficient (Wildman–Crippen LogP) is 3.98. The summed E-state index contributed by atoms with van der Waals surface area (Å²) >= 11 is 3.39. The van der Waals surface area contributed by atoms with Gasteiger partial charge in [0.15, 0.2) is 11.6 Å². The van der Waals surface area contributed by atoms with Gasteiger partial charge in [0.05, 0.1) is 5.52 Å². The number of aromatic nitrogens is 6. The molecule has 0 fully saturated rings. The Labute approximate surface area is 168 Å². The van der Waals surface area contributed by atoms with Crippen LogP contribution in [-0.2, 0) is 0 Å². The van der Waals surface area contributed by atoms with Crippen LogP contribution < -0.4 is 10.6 Å². The number of carbonyl (C=O) groups excluding carboxylic acids is 1. The fourth-order valence-electron chi connectivity index (χ4n) is 2.72. The molecule has 0 aromatic carbocycles. The second kappa shape index (κ2) is 7.39. The van der Waals surface area contributed by atoms with E-state index in [1.807, 2.05) is 42.8 Å². The Balaban J connectivity index is 1.50. The smallest absolute Gasteiger partial charge is 0.310 e. The average molecular weight is 441 g/mol. The second-order valence-corrected chi connectivity index (χ2v) is 7.30. The van der Waals surface area contributed by atoms with Gasteiger partial charge in [-0.3, -0.25) is 10.6 Å². The number of hydrogen-bond acceptors (Lipinski definition) is 5. The lowest BCUT2D eigenvalue weighted by Gasteiger charge is -2.10. The summed E-state index contributed by atoms with van der Waals surface area (Å²) in [5, 5.41) is 17.8. The minimum absolute atomic E-state index is 0.196. The second-order valence-electron chi connectivity index (χ2n) is 6.39. The molecular formula is C18H17BrN8O. The Morgan fingerprint density at radius 1 is 1.14 bits per heavy atom. The van der Waals surface area contributed by atoms with Crippen LogP contribution in [0.4, 0.5) is 16.4 Å². The number of fused-ring (bicyclic) bond motifs is 1. The number of urea groups is 1. The van der Waals surface area contributed by atoms with E-state index in [4.69, 9.17) is 0 Å². The minimum atomic E-state index is -0.433. The summed E-state index contributed by atoms with van der Waals surface area (Å²) in [4.78, 5) is 16.8. The monoisotopic (exact) mass is 440 g/mol. The lowest BCUT2D eigenvalue weighted by molar-refractivity contribution is 0.262. The van der Waals surface area contributed by atoms with Crippen molar-refractivity contribution < 1.29 is 4.79 Å². The van der Waals surface area contributed by atoms with E-state index in [1.165, 1.54) is 0 Å². The van der Waals surface area contributed by atoms with Gasteiger partial charge in [-0.1, -0.05) is 6.07 Å². The molecule has 10 heteroatoms. The highest BCUT2D eigenvalue weighted by molar-refractivity contribution is 9.10. The van der Waals surface area contributed by atoms with Crippen LogP contribution >= 0.6 is 15.9 Å². The zero-order chi connectivity index (χ0) is 19.7. The van der Waals surface area contributed by atoms with E-state index in [-0.39, 0.29) is 6.04 Å². The quantitative estimate of drug-likeness (QED) is 0.499. The van der Waals surface area contributed by atoms with Gasteiger partial charge in [-0.05, 0) is 54.0 Å². The van der Waals surface area contributed by atoms with Crippen LogP contribution in [0, 0.1) is 0 Å². The van der Waals surface area contributed by atoms with Gasteiger partial charge in [-0.15, -0.1) is 15.3 Å². The van der Waals surface area contributed by atoms with Crippen molar-refractivity contribution in [3.05, 3.63) is 53.4 Å². The molecule has 0 aliphatic carbocycles. The summed E-state index contributed by atoms with van der Waals surface area (Å²) in [5.74, 6) is 1.48. The maximum absolute atomic E-state index is 12.3. The van der Waals surface area contributed by atoms with Gasteiger partial charge in [-0.2, -0.15) is 0 Å². The van der Waals surface area contributed by atoms with Gasteiger partial charge in [0.25, 0.3) is 0 Å².